The first-order valence-electron chi connectivity index (χ1n) is 8.16. The van der Waals surface area contributed by atoms with Gasteiger partial charge in [-0.05, 0) is 54.8 Å². The fourth-order valence-electron chi connectivity index (χ4n) is 2.13. The molecule has 0 aliphatic heterocycles. The highest BCUT2D eigenvalue weighted by atomic mass is 35.5. The number of hydrogen-bond acceptors (Lipinski definition) is 4. The minimum atomic E-state index is -0.485. The van der Waals surface area contributed by atoms with Crippen LogP contribution in [0, 0.1) is 6.92 Å². The maximum absolute atomic E-state index is 11.7. The van der Waals surface area contributed by atoms with Gasteiger partial charge in [0.2, 0.25) is 0 Å². The van der Waals surface area contributed by atoms with Crippen molar-refractivity contribution in [3.63, 3.8) is 0 Å². The van der Waals surface area contributed by atoms with Gasteiger partial charge in [-0.25, -0.2) is 0 Å². The summed E-state index contributed by atoms with van der Waals surface area (Å²) in [4.78, 5) is 23.5. The summed E-state index contributed by atoms with van der Waals surface area (Å²) in [6.45, 7) is 3.42. The lowest BCUT2D eigenvalue weighted by Gasteiger charge is -2.11. The maximum atomic E-state index is 11.7. The van der Waals surface area contributed by atoms with Crippen molar-refractivity contribution in [2.24, 2.45) is 0 Å². The van der Waals surface area contributed by atoms with Crippen LogP contribution < -0.4 is 20.3 Å². The summed E-state index contributed by atoms with van der Waals surface area (Å²) in [5, 5.41) is 0.594. The van der Waals surface area contributed by atoms with Crippen molar-refractivity contribution >= 4 is 23.4 Å². The molecule has 2 rings (SSSR count). The van der Waals surface area contributed by atoms with Gasteiger partial charge >= 0.3 is 0 Å². The molecule has 0 aliphatic rings. The molecule has 0 fully saturated rings. The van der Waals surface area contributed by atoms with Gasteiger partial charge in [0.25, 0.3) is 11.8 Å². The Kier molecular flexibility index (Phi) is 7.29. The molecule has 2 N–H and O–H groups in total. The largest absolute Gasteiger partial charge is 0.484 e. The molecule has 0 heterocycles. The Balaban J connectivity index is 1.70. The Morgan fingerprint density at radius 1 is 1.00 bits per heavy atom. The van der Waals surface area contributed by atoms with E-state index >= 15 is 0 Å². The third-order valence-corrected chi connectivity index (χ3v) is 3.75. The number of rotatable bonds is 7. The van der Waals surface area contributed by atoms with Crippen LogP contribution in [-0.2, 0) is 16.0 Å². The molecule has 0 atom stereocenters. The highest BCUT2D eigenvalue weighted by Crippen LogP contribution is 2.21. The van der Waals surface area contributed by atoms with Crippen LogP contribution in [0.4, 0.5) is 0 Å². The Bertz CT molecular complexity index is 780. The zero-order valence-electron chi connectivity index (χ0n) is 14.7. The fraction of sp³-hybridized carbons (Fsp3) is 0.263. The average molecular weight is 377 g/mol. The van der Waals surface area contributed by atoms with E-state index in [9.17, 15) is 9.59 Å². The number of hydrazine groups is 1. The van der Waals surface area contributed by atoms with Crippen molar-refractivity contribution < 1.29 is 19.1 Å². The smallest absolute Gasteiger partial charge is 0.276 e. The Morgan fingerprint density at radius 2 is 1.69 bits per heavy atom. The zero-order chi connectivity index (χ0) is 18.9. The fourth-order valence-corrected chi connectivity index (χ4v) is 2.36. The van der Waals surface area contributed by atoms with Crippen LogP contribution in [0.5, 0.6) is 11.5 Å². The van der Waals surface area contributed by atoms with Gasteiger partial charge in [0.15, 0.2) is 13.2 Å². The molecular formula is C19H21ClN2O4. The molecule has 0 radical (unpaired) electrons. The van der Waals surface area contributed by atoms with Gasteiger partial charge in [-0.15, -0.1) is 0 Å². The number of hydrogen-bond donors (Lipinski definition) is 2. The van der Waals surface area contributed by atoms with Gasteiger partial charge in [0.1, 0.15) is 11.5 Å². The van der Waals surface area contributed by atoms with Crippen LogP contribution in [0.2, 0.25) is 5.02 Å². The van der Waals surface area contributed by atoms with Gasteiger partial charge in [-0.1, -0.05) is 30.7 Å². The molecule has 2 aromatic rings. The van der Waals surface area contributed by atoms with E-state index in [0.29, 0.717) is 16.5 Å². The molecule has 138 valence electrons. The lowest BCUT2D eigenvalue weighted by Crippen LogP contribution is -2.45. The number of nitrogens with one attached hydrogen (secondary N) is 2. The number of aryl methyl sites for hydroxylation is 2. The van der Waals surface area contributed by atoms with E-state index in [1.54, 1.807) is 24.3 Å². The number of ether oxygens (including phenoxy) is 2. The molecule has 0 saturated carbocycles. The second-order valence-corrected chi connectivity index (χ2v) is 6.02. The van der Waals surface area contributed by atoms with Crippen molar-refractivity contribution in [3.05, 3.63) is 58.6 Å². The van der Waals surface area contributed by atoms with Gasteiger partial charge in [-0.3, -0.25) is 20.4 Å². The standard InChI is InChI=1S/C19H21ClN2O4/c1-3-14-5-4-6-16(10-14)25-11-18(23)21-22-19(24)12-26-17-8-7-15(20)9-13(17)2/h4-10H,3,11-12H2,1-2H3,(H,21,23)(H,22,24). The second kappa shape index (κ2) is 9.68. The number of carbonyl (C=O) groups excluding carboxylic acids is 2. The van der Waals surface area contributed by atoms with Crippen molar-refractivity contribution in [3.8, 4) is 11.5 Å². The molecule has 7 heteroatoms. The van der Waals surface area contributed by atoms with Crippen molar-refractivity contribution in [1.29, 1.82) is 0 Å². The quantitative estimate of drug-likeness (QED) is 0.728. The summed E-state index contributed by atoms with van der Waals surface area (Å²) in [5.74, 6) is 0.200. The number of halogens is 1. The Labute approximate surface area is 157 Å². The molecule has 0 aromatic heterocycles. The summed E-state index contributed by atoms with van der Waals surface area (Å²) in [7, 11) is 0. The first-order valence-corrected chi connectivity index (χ1v) is 8.54. The lowest BCUT2D eigenvalue weighted by atomic mass is 10.2. The van der Waals surface area contributed by atoms with Gasteiger partial charge in [-0.2, -0.15) is 0 Å². The molecule has 26 heavy (non-hydrogen) atoms. The first-order chi connectivity index (χ1) is 12.5. The number of amides is 2. The van der Waals surface area contributed by atoms with E-state index in [0.717, 1.165) is 17.5 Å². The van der Waals surface area contributed by atoms with E-state index in [2.05, 4.69) is 10.9 Å². The number of benzene rings is 2. The first kappa shape index (κ1) is 19.6. The molecule has 0 spiro atoms. The molecule has 0 bridgehead atoms. The van der Waals surface area contributed by atoms with Crippen LogP contribution in [0.3, 0.4) is 0 Å². The van der Waals surface area contributed by atoms with Gasteiger partial charge in [0, 0.05) is 5.02 Å². The van der Waals surface area contributed by atoms with Crippen LogP contribution >= 0.6 is 11.6 Å². The van der Waals surface area contributed by atoms with Gasteiger partial charge in [0.05, 0.1) is 0 Å². The SMILES string of the molecule is CCc1cccc(OCC(=O)NNC(=O)COc2ccc(Cl)cc2C)c1. The second-order valence-electron chi connectivity index (χ2n) is 5.58. The minimum absolute atomic E-state index is 0.204. The highest BCUT2D eigenvalue weighted by Gasteiger charge is 2.08. The number of carbonyl (C=O) groups is 2. The van der Waals surface area contributed by atoms with Crippen molar-refractivity contribution in [2.45, 2.75) is 20.3 Å². The molecular weight excluding hydrogens is 356 g/mol. The zero-order valence-corrected chi connectivity index (χ0v) is 15.4. The predicted octanol–water partition coefficient (Wildman–Crippen LogP) is 2.82. The van der Waals surface area contributed by atoms with Crippen LogP contribution in [0.15, 0.2) is 42.5 Å². The average Bonchev–Trinajstić information content (AvgIpc) is 2.64. The molecule has 2 aromatic carbocycles. The van der Waals surface area contributed by atoms with Crippen molar-refractivity contribution in [1.82, 2.24) is 10.9 Å². The molecule has 2 amide bonds. The lowest BCUT2D eigenvalue weighted by molar-refractivity contribution is -0.131. The third-order valence-electron chi connectivity index (χ3n) is 3.51. The van der Waals surface area contributed by atoms with E-state index in [-0.39, 0.29) is 13.2 Å². The maximum Gasteiger partial charge on any atom is 0.276 e. The van der Waals surface area contributed by atoms with Gasteiger partial charge < -0.3 is 9.47 Å². The van der Waals surface area contributed by atoms with E-state index < -0.39 is 11.8 Å². The van der Waals surface area contributed by atoms with Crippen LogP contribution in [0.25, 0.3) is 0 Å². The molecule has 0 aliphatic carbocycles. The Hall–Kier alpha value is -2.73. The van der Waals surface area contributed by atoms with E-state index in [1.807, 2.05) is 32.0 Å². The summed E-state index contributed by atoms with van der Waals surface area (Å²) in [5.41, 5.74) is 6.48. The summed E-state index contributed by atoms with van der Waals surface area (Å²) in [6, 6.07) is 12.6. The molecule has 0 unspecified atom stereocenters. The van der Waals surface area contributed by atoms with Crippen LogP contribution in [-0.4, -0.2) is 25.0 Å². The third kappa shape index (κ3) is 6.29. The van der Waals surface area contributed by atoms with E-state index in [1.165, 1.54) is 0 Å². The normalized spacial score (nSPS) is 10.1. The molecule has 0 saturated heterocycles. The summed E-state index contributed by atoms with van der Waals surface area (Å²) in [6.07, 6.45) is 0.881. The summed E-state index contributed by atoms with van der Waals surface area (Å²) < 4.78 is 10.8. The van der Waals surface area contributed by atoms with Crippen molar-refractivity contribution in [2.75, 3.05) is 13.2 Å². The van der Waals surface area contributed by atoms with Crippen LogP contribution in [0.1, 0.15) is 18.1 Å². The van der Waals surface area contributed by atoms with E-state index in [4.69, 9.17) is 21.1 Å². The monoisotopic (exact) mass is 376 g/mol. The Morgan fingerprint density at radius 3 is 2.35 bits per heavy atom. The minimum Gasteiger partial charge on any atom is -0.484 e. The molecule has 6 nitrogen and oxygen atoms in total. The highest BCUT2D eigenvalue weighted by molar-refractivity contribution is 6.30. The predicted molar refractivity (Wildman–Crippen MR) is 99.3 cm³/mol. The summed E-state index contributed by atoms with van der Waals surface area (Å²) >= 11 is 5.86. The topological polar surface area (TPSA) is 76.7 Å².